The van der Waals surface area contributed by atoms with Crippen LogP contribution in [-0.4, -0.2) is 88.6 Å². The van der Waals surface area contributed by atoms with Crippen molar-refractivity contribution < 1.29 is 21.6 Å². The summed E-state index contributed by atoms with van der Waals surface area (Å²) < 4.78 is 57.6. The molecule has 0 unspecified atom stereocenters. The molecule has 1 amide bonds. The Hall–Kier alpha value is -2.96. The molecule has 12 heteroatoms. The van der Waals surface area contributed by atoms with E-state index in [2.05, 4.69) is 4.90 Å². The van der Waals surface area contributed by atoms with Crippen molar-refractivity contribution in [1.29, 1.82) is 0 Å². The van der Waals surface area contributed by atoms with Gasteiger partial charge < -0.3 is 9.80 Å². The topological polar surface area (TPSA) is 98.3 Å². The van der Waals surface area contributed by atoms with Gasteiger partial charge in [-0.25, -0.2) is 16.8 Å². The molecule has 0 spiro atoms. The number of hydrogen-bond donors (Lipinski definition) is 0. The largest absolute Gasteiger partial charge is 0.369 e. The van der Waals surface area contributed by atoms with Crippen LogP contribution in [0.1, 0.15) is 38.2 Å². The van der Waals surface area contributed by atoms with Gasteiger partial charge in [0, 0.05) is 58.0 Å². The van der Waals surface area contributed by atoms with E-state index in [1.807, 2.05) is 65.0 Å². The number of halogens is 1. The summed E-state index contributed by atoms with van der Waals surface area (Å²) in [5.41, 5.74) is 5.64. The molecular formula is C32H39ClN4O5S2. The quantitative estimate of drug-likeness (QED) is 0.386. The molecule has 0 atom stereocenters. The average Bonchev–Trinajstić information content (AvgIpc) is 3.03. The highest BCUT2D eigenvalue weighted by atomic mass is 35.5. The highest BCUT2D eigenvalue weighted by Gasteiger charge is 2.35. The van der Waals surface area contributed by atoms with Crippen molar-refractivity contribution in [3.05, 3.63) is 86.9 Å². The first kappa shape index (κ1) is 32.4. The Morgan fingerprint density at radius 1 is 0.636 bits per heavy atom. The predicted octanol–water partition coefficient (Wildman–Crippen LogP) is 4.54. The first-order valence-electron chi connectivity index (χ1n) is 14.7. The molecular weight excluding hydrogens is 620 g/mol. The van der Waals surface area contributed by atoms with Crippen molar-refractivity contribution in [2.24, 2.45) is 0 Å². The van der Waals surface area contributed by atoms with Gasteiger partial charge in [-0.15, -0.1) is 0 Å². The summed E-state index contributed by atoms with van der Waals surface area (Å²) in [6, 6.07) is 14.1. The second kappa shape index (κ2) is 12.4. The second-order valence-corrected chi connectivity index (χ2v) is 15.7. The monoisotopic (exact) mass is 658 g/mol. The minimum Gasteiger partial charge on any atom is -0.369 e. The molecule has 2 heterocycles. The van der Waals surface area contributed by atoms with Crippen molar-refractivity contribution in [2.75, 3.05) is 57.3 Å². The molecule has 44 heavy (non-hydrogen) atoms. The number of piperazine rings is 2. The van der Waals surface area contributed by atoms with Crippen LogP contribution in [0.3, 0.4) is 0 Å². The second-order valence-electron chi connectivity index (χ2n) is 11.5. The third kappa shape index (κ3) is 5.88. The number of anilines is 1. The third-order valence-electron chi connectivity index (χ3n) is 9.22. The molecule has 0 N–H and O–H groups in total. The maximum absolute atomic E-state index is 13.8. The molecule has 236 valence electrons. The molecule has 3 aromatic carbocycles. The van der Waals surface area contributed by atoms with Gasteiger partial charge in [-0.3, -0.25) is 4.79 Å². The van der Waals surface area contributed by atoms with Crippen molar-refractivity contribution in [3.8, 4) is 0 Å². The van der Waals surface area contributed by atoms with Gasteiger partial charge in [0.05, 0.1) is 20.4 Å². The molecule has 0 bridgehead atoms. The van der Waals surface area contributed by atoms with E-state index in [0.717, 1.165) is 33.5 Å². The summed E-state index contributed by atoms with van der Waals surface area (Å²) in [6.45, 7) is 11.9. The van der Waals surface area contributed by atoms with E-state index < -0.39 is 26.0 Å². The Balaban J connectivity index is 1.29. The molecule has 9 nitrogen and oxygen atoms in total. The van der Waals surface area contributed by atoms with Crippen LogP contribution in [-0.2, 0) is 20.0 Å². The third-order valence-corrected chi connectivity index (χ3v) is 13.6. The van der Waals surface area contributed by atoms with E-state index in [4.69, 9.17) is 11.6 Å². The number of hydrogen-bond acceptors (Lipinski definition) is 6. The van der Waals surface area contributed by atoms with Crippen molar-refractivity contribution in [2.45, 2.75) is 44.4 Å². The summed E-state index contributed by atoms with van der Waals surface area (Å²) in [4.78, 5) is 17.6. The number of sulfonamides is 2. The standard InChI is InChI=1S/C32H39ClN4O5S2/c1-22-23(2)25(4)31(26(5)24(22)3)44(41,42)37-19-15-35(16-20-37)32(38)29-21-28(11-12-30(29)33)43(39,40)36-17-13-34(14-18-36)27-9-7-6-8-10-27/h6-12,21H,13-20H2,1-5H3. The lowest BCUT2D eigenvalue weighted by Crippen LogP contribution is -2.50. The molecule has 2 fully saturated rings. The molecule has 5 rings (SSSR count). The van der Waals surface area contributed by atoms with E-state index in [0.29, 0.717) is 31.1 Å². The lowest BCUT2D eigenvalue weighted by molar-refractivity contribution is 0.0697. The summed E-state index contributed by atoms with van der Waals surface area (Å²) in [7, 11) is -7.64. The lowest BCUT2D eigenvalue weighted by atomic mass is 9.95. The maximum atomic E-state index is 13.8. The van der Waals surface area contributed by atoms with Crippen LogP contribution in [0.5, 0.6) is 0 Å². The number of benzene rings is 3. The zero-order valence-corrected chi connectivity index (χ0v) is 28.2. The molecule has 2 saturated heterocycles. The van der Waals surface area contributed by atoms with Crippen LogP contribution >= 0.6 is 11.6 Å². The van der Waals surface area contributed by atoms with Gasteiger partial charge in [-0.1, -0.05) is 29.8 Å². The SMILES string of the molecule is Cc1c(C)c(C)c(S(=O)(=O)N2CCN(C(=O)c3cc(S(=O)(=O)N4CCN(c5ccccc5)CC4)ccc3Cl)CC2)c(C)c1C. The number of rotatable bonds is 6. The van der Waals surface area contributed by atoms with Gasteiger partial charge in [0.1, 0.15) is 0 Å². The van der Waals surface area contributed by atoms with E-state index >= 15 is 0 Å². The van der Waals surface area contributed by atoms with Crippen molar-refractivity contribution >= 4 is 43.2 Å². The summed E-state index contributed by atoms with van der Waals surface area (Å²) >= 11 is 6.42. The number of para-hydroxylation sites is 1. The van der Waals surface area contributed by atoms with Crippen LogP contribution < -0.4 is 4.90 Å². The molecule has 0 radical (unpaired) electrons. The van der Waals surface area contributed by atoms with Crippen LogP contribution in [0.15, 0.2) is 58.3 Å². The highest BCUT2D eigenvalue weighted by Crippen LogP contribution is 2.32. The number of carbonyl (C=O) groups is 1. The van der Waals surface area contributed by atoms with E-state index in [9.17, 15) is 21.6 Å². The number of amides is 1. The van der Waals surface area contributed by atoms with Gasteiger partial charge in [0.2, 0.25) is 20.0 Å². The zero-order chi connectivity index (χ0) is 32.0. The first-order chi connectivity index (χ1) is 20.7. The van der Waals surface area contributed by atoms with Crippen molar-refractivity contribution in [1.82, 2.24) is 13.5 Å². The smallest absolute Gasteiger partial charge is 0.255 e. The molecule has 0 saturated carbocycles. The van der Waals surface area contributed by atoms with Crippen LogP contribution in [0, 0.1) is 34.6 Å². The maximum Gasteiger partial charge on any atom is 0.255 e. The minimum absolute atomic E-state index is 0.00989. The summed E-state index contributed by atoms with van der Waals surface area (Å²) in [6.07, 6.45) is 0. The molecule has 3 aromatic rings. The normalized spacial score (nSPS) is 17.2. The molecule has 0 aromatic heterocycles. The van der Waals surface area contributed by atoms with Crippen LogP contribution in [0.4, 0.5) is 5.69 Å². The predicted molar refractivity (Wildman–Crippen MR) is 174 cm³/mol. The number of nitrogens with zero attached hydrogens (tertiary/aromatic N) is 4. The Kier molecular flexibility index (Phi) is 9.17. The van der Waals surface area contributed by atoms with Gasteiger partial charge >= 0.3 is 0 Å². The fourth-order valence-corrected chi connectivity index (χ4v) is 9.72. The molecule has 2 aliphatic heterocycles. The van der Waals surface area contributed by atoms with Gasteiger partial charge in [-0.05, 0) is 92.8 Å². The fourth-order valence-electron chi connectivity index (χ4n) is 6.09. The van der Waals surface area contributed by atoms with Gasteiger partial charge in [0.25, 0.3) is 5.91 Å². The van der Waals surface area contributed by atoms with Crippen LogP contribution in [0.2, 0.25) is 5.02 Å². The minimum atomic E-state index is -3.86. The zero-order valence-electron chi connectivity index (χ0n) is 25.8. The highest BCUT2D eigenvalue weighted by molar-refractivity contribution is 7.89. The molecule has 0 aliphatic carbocycles. The van der Waals surface area contributed by atoms with E-state index in [1.165, 1.54) is 31.7 Å². The lowest BCUT2D eigenvalue weighted by Gasteiger charge is -2.36. The van der Waals surface area contributed by atoms with Crippen molar-refractivity contribution in [3.63, 3.8) is 0 Å². The van der Waals surface area contributed by atoms with E-state index in [-0.39, 0.29) is 41.7 Å². The van der Waals surface area contributed by atoms with Crippen LogP contribution in [0.25, 0.3) is 0 Å². The summed E-state index contributed by atoms with van der Waals surface area (Å²) in [5.74, 6) is -0.424. The van der Waals surface area contributed by atoms with Gasteiger partial charge in [0.15, 0.2) is 0 Å². The number of carbonyl (C=O) groups excluding carboxylic acids is 1. The Morgan fingerprint density at radius 3 is 1.70 bits per heavy atom. The average molecular weight is 659 g/mol. The van der Waals surface area contributed by atoms with Gasteiger partial charge in [-0.2, -0.15) is 8.61 Å². The fraction of sp³-hybridized carbons (Fsp3) is 0.406. The Morgan fingerprint density at radius 2 is 1.14 bits per heavy atom. The summed E-state index contributed by atoms with van der Waals surface area (Å²) in [5, 5.41) is 0.148. The first-order valence-corrected chi connectivity index (χ1v) is 18.0. The van der Waals surface area contributed by atoms with E-state index in [1.54, 1.807) is 0 Å². The molecule has 2 aliphatic rings. The Bertz CT molecular complexity index is 1770. The Labute approximate surface area is 266 Å².